The molecule has 4 atom stereocenters. The number of aliphatic hydroxyl groups excluding tert-OH is 1. The highest BCUT2D eigenvalue weighted by Gasteiger charge is 2.17. The van der Waals surface area contributed by atoms with Crippen molar-refractivity contribution in [1.82, 2.24) is 0 Å². The van der Waals surface area contributed by atoms with Gasteiger partial charge in [0.1, 0.15) is 18.1 Å². The zero-order chi connectivity index (χ0) is 15.7. The zero-order valence-electron chi connectivity index (χ0n) is 11.1. The van der Waals surface area contributed by atoms with Crippen LogP contribution in [0, 0.1) is 0 Å². The number of aliphatic carboxylic acids is 1. The molecule has 0 bridgehead atoms. The van der Waals surface area contributed by atoms with Gasteiger partial charge in [-0.25, -0.2) is 9.59 Å². The van der Waals surface area contributed by atoms with E-state index < -0.39 is 42.1 Å². The van der Waals surface area contributed by atoms with Crippen LogP contribution in [0.1, 0.15) is 20.8 Å². The molecular weight excluding hydrogens is 258 g/mol. The molecule has 0 heterocycles. The number of carbonyl (C=O) groups excluding carboxylic acids is 2. The Morgan fingerprint density at radius 3 is 1.37 bits per heavy atom. The lowest BCUT2D eigenvalue weighted by Crippen LogP contribution is -2.39. The summed E-state index contributed by atoms with van der Waals surface area (Å²) in [6.45, 7) is 4.19. The molecule has 0 rings (SSSR count). The molecule has 0 aromatic heterocycles. The number of carboxylic acids is 1. The van der Waals surface area contributed by atoms with Gasteiger partial charge in [-0.15, -0.1) is 0 Å². The summed E-state index contributed by atoms with van der Waals surface area (Å²) in [5.74, 6) is -2.69. The number of carboxylic acid groups (broad SMARTS) is 1. The van der Waals surface area contributed by atoms with Crippen molar-refractivity contribution in [3.63, 3.8) is 0 Å². The molecule has 0 amide bonds. The van der Waals surface area contributed by atoms with Gasteiger partial charge in [0.2, 0.25) is 0 Å². The standard InChI is InChI=1S/C6H12N2O3.C4H9NO3/c1-3(7)5(9)11-6(10)4(2)8;1-2(6)3(5)4(7)8/h3-4H,7-8H2,1-2H3;2-3,6H,5H2,1H3,(H,7,8)/t3-,4-;2-,3+/m01/s1. The molecule has 0 aliphatic heterocycles. The van der Waals surface area contributed by atoms with Crippen LogP contribution in [-0.4, -0.2) is 52.4 Å². The molecule has 9 heteroatoms. The Morgan fingerprint density at radius 1 is 0.947 bits per heavy atom. The van der Waals surface area contributed by atoms with Gasteiger partial charge in [0, 0.05) is 0 Å². The maximum Gasteiger partial charge on any atom is 0.330 e. The lowest BCUT2D eigenvalue weighted by atomic mass is 10.2. The first-order valence-electron chi connectivity index (χ1n) is 5.43. The summed E-state index contributed by atoms with van der Waals surface area (Å²) in [7, 11) is 0. The van der Waals surface area contributed by atoms with Crippen molar-refractivity contribution >= 4 is 17.9 Å². The van der Waals surface area contributed by atoms with Crippen LogP contribution in [0.4, 0.5) is 0 Å². The summed E-state index contributed by atoms with van der Waals surface area (Å²) in [6.07, 6.45) is -0.979. The third-order valence-electron chi connectivity index (χ3n) is 1.75. The fourth-order valence-electron chi connectivity index (χ4n) is 0.491. The number of aliphatic hydroxyl groups is 1. The van der Waals surface area contributed by atoms with Crippen LogP contribution in [0.15, 0.2) is 0 Å². The molecule has 8 N–H and O–H groups in total. The van der Waals surface area contributed by atoms with Crippen molar-refractivity contribution in [1.29, 1.82) is 0 Å². The number of esters is 2. The average molecular weight is 279 g/mol. The zero-order valence-corrected chi connectivity index (χ0v) is 11.1. The van der Waals surface area contributed by atoms with Crippen LogP contribution in [0.2, 0.25) is 0 Å². The summed E-state index contributed by atoms with van der Waals surface area (Å²) < 4.78 is 4.25. The molecule has 0 aromatic carbocycles. The Kier molecular flexibility index (Phi) is 9.78. The Bertz CT molecular complexity index is 298. The summed E-state index contributed by atoms with van der Waals surface area (Å²) in [5.41, 5.74) is 15.1. The molecule has 0 aliphatic rings. The SMILES string of the molecule is C[C@@H](O)[C@H](N)C(=O)O.C[C@H](N)C(=O)OC(=O)[C@H](C)N. The highest BCUT2D eigenvalue weighted by Crippen LogP contribution is 1.88. The van der Waals surface area contributed by atoms with Gasteiger partial charge in [-0.1, -0.05) is 0 Å². The van der Waals surface area contributed by atoms with Gasteiger partial charge in [-0.3, -0.25) is 4.79 Å². The maximum absolute atomic E-state index is 10.6. The molecule has 19 heavy (non-hydrogen) atoms. The van der Waals surface area contributed by atoms with Gasteiger partial charge < -0.3 is 32.2 Å². The second-order valence-corrected chi connectivity index (χ2v) is 3.92. The van der Waals surface area contributed by atoms with E-state index >= 15 is 0 Å². The van der Waals surface area contributed by atoms with Crippen molar-refractivity contribution in [2.75, 3.05) is 0 Å². The number of hydrogen-bond donors (Lipinski definition) is 5. The van der Waals surface area contributed by atoms with E-state index in [1.807, 2.05) is 0 Å². The molecule has 0 aliphatic carbocycles. The largest absolute Gasteiger partial charge is 0.480 e. The fraction of sp³-hybridized carbons (Fsp3) is 0.700. The van der Waals surface area contributed by atoms with Gasteiger partial charge >= 0.3 is 17.9 Å². The third-order valence-corrected chi connectivity index (χ3v) is 1.75. The Hall–Kier alpha value is -1.55. The van der Waals surface area contributed by atoms with Gasteiger partial charge in [0.25, 0.3) is 0 Å². The average Bonchev–Trinajstić information content (AvgIpc) is 2.27. The number of ether oxygens (including phenoxy) is 1. The number of nitrogens with two attached hydrogens (primary N) is 3. The van der Waals surface area contributed by atoms with E-state index in [1.165, 1.54) is 20.8 Å². The molecule has 0 saturated heterocycles. The molecule has 0 spiro atoms. The maximum atomic E-state index is 10.6. The predicted molar refractivity (Wildman–Crippen MR) is 65.7 cm³/mol. The lowest BCUT2D eigenvalue weighted by Gasteiger charge is -2.06. The Morgan fingerprint density at radius 2 is 1.26 bits per heavy atom. The lowest BCUT2D eigenvalue weighted by molar-refractivity contribution is -0.161. The van der Waals surface area contributed by atoms with Crippen LogP contribution in [0.3, 0.4) is 0 Å². The van der Waals surface area contributed by atoms with E-state index in [0.29, 0.717) is 0 Å². The first kappa shape index (κ1) is 19.8. The first-order valence-corrected chi connectivity index (χ1v) is 5.43. The molecule has 0 fully saturated rings. The van der Waals surface area contributed by atoms with E-state index in [-0.39, 0.29) is 0 Å². The first-order chi connectivity index (χ1) is 8.50. The fourth-order valence-corrected chi connectivity index (χ4v) is 0.491. The van der Waals surface area contributed by atoms with E-state index in [1.54, 1.807) is 0 Å². The van der Waals surface area contributed by atoms with Gasteiger partial charge in [0.15, 0.2) is 0 Å². The topological polar surface area (TPSA) is 179 Å². The number of rotatable bonds is 4. The monoisotopic (exact) mass is 279 g/mol. The smallest absolute Gasteiger partial charge is 0.330 e. The predicted octanol–water partition coefficient (Wildman–Crippen LogP) is -2.47. The van der Waals surface area contributed by atoms with Crippen LogP contribution in [0.25, 0.3) is 0 Å². The highest BCUT2D eigenvalue weighted by molar-refractivity contribution is 5.90. The third kappa shape index (κ3) is 10.1. The molecule has 0 radical (unpaired) electrons. The summed E-state index contributed by atoms with van der Waals surface area (Å²) >= 11 is 0. The summed E-state index contributed by atoms with van der Waals surface area (Å²) in [5, 5.41) is 16.6. The molecule has 112 valence electrons. The second kappa shape index (κ2) is 9.39. The van der Waals surface area contributed by atoms with Crippen LogP contribution >= 0.6 is 0 Å². The second-order valence-electron chi connectivity index (χ2n) is 3.92. The van der Waals surface area contributed by atoms with Crippen molar-refractivity contribution < 1.29 is 29.3 Å². The van der Waals surface area contributed by atoms with Gasteiger partial charge in [-0.05, 0) is 20.8 Å². The normalized spacial score (nSPS) is 16.2. The van der Waals surface area contributed by atoms with Crippen molar-refractivity contribution in [3.8, 4) is 0 Å². The molecule has 9 nitrogen and oxygen atoms in total. The number of carbonyl (C=O) groups is 3. The molecule has 0 aromatic rings. The number of hydrogen-bond acceptors (Lipinski definition) is 8. The minimum absolute atomic E-state index is 0.757. The highest BCUT2D eigenvalue weighted by atomic mass is 16.6. The molecule has 0 unspecified atom stereocenters. The van der Waals surface area contributed by atoms with Gasteiger partial charge in [-0.2, -0.15) is 0 Å². The van der Waals surface area contributed by atoms with Crippen LogP contribution in [0.5, 0.6) is 0 Å². The van der Waals surface area contributed by atoms with E-state index in [0.717, 1.165) is 0 Å². The molecular formula is C10H21N3O6. The quantitative estimate of drug-likeness (QED) is 0.275. The Labute approximate surface area is 110 Å². The minimum Gasteiger partial charge on any atom is -0.480 e. The molecule has 0 saturated carbocycles. The van der Waals surface area contributed by atoms with Crippen molar-refractivity contribution in [2.45, 2.75) is 45.0 Å². The van der Waals surface area contributed by atoms with E-state index in [2.05, 4.69) is 4.74 Å². The minimum atomic E-state index is -1.18. The van der Waals surface area contributed by atoms with E-state index in [4.69, 9.17) is 27.4 Å². The summed E-state index contributed by atoms with van der Waals surface area (Å²) in [4.78, 5) is 31.1. The van der Waals surface area contributed by atoms with Crippen molar-refractivity contribution in [2.24, 2.45) is 17.2 Å². The van der Waals surface area contributed by atoms with Crippen molar-refractivity contribution in [3.05, 3.63) is 0 Å². The summed E-state index contributed by atoms with van der Waals surface area (Å²) in [6, 6.07) is -2.75. The van der Waals surface area contributed by atoms with Crippen LogP contribution < -0.4 is 17.2 Å². The van der Waals surface area contributed by atoms with E-state index in [9.17, 15) is 14.4 Å². The Balaban J connectivity index is 0. The van der Waals surface area contributed by atoms with Gasteiger partial charge in [0.05, 0.1) is 6.10 Å². The van der Waals surface area contributed by atoms with Crippen LogP contribution in [-0.2, 0) is 19.1 Å².